The zero-order valence-electron chi connectivity index (χ0n) is 15.4. The van der Waals surface area contributed by atoms with E-state index in [0.717, 1.165) is 19.3 Å². The molecule has 2 aromatic rings. The number of likely N-dealkylation sites (tertiary alicyclic amines) is 1. The molecule has 140 valence electrons. The molecule has 0 spiro atoms. The van der Waals surface area contributed by atoms with Gasteiger partial charge in [0.2, 0.25) is 0 Å². The molecule has 3 rings (SSSR count). The van der Waals surface area contributed by atoms with Crippen LogP contribution in [-0.4, -0.2) is 41.8 Å². The van der Waals surface area contributed by atoms with Crippen molar-refractivity contribution < 1.29 is 19.1 Å². The molecule has 1 amide bonds. The van der Waals surface area contributed by atoms with E-state index < -0.39 is 5.97 Å². The zero-order valence-corrected chi connectivity index (χ0v) is 15.4. The molecule has 2 aromatic carbocycles. The number of carbonyl (C=O) groups is 3. The van der Waals surface area contributed by atoms with Gasteiger partial charge in [0.05, 0.1) is 5.56 Å². The van der Waals surface area contributed by atoms with Crippen molar-refractivity contribution in [1.82, 2.24) is 4.90 Å². The number of ether oxygens (including phenoxy) is 1. The Hall–Kier alpha value is -2.95. The van der Waals surface area contributed by atoms with Crippen LogP contribution in [0.1, 0.15) is 52.5 Å². The smallest absolute Gasteiger partial charge is 0.339 e. The van der Waals surface area contributed by atoms with Gasteiger partial charge in [-0.3, -0.25) is 9.59 Å². The van der Waals surface area contributed by atoms with Gasteiger partial charge in [0.1, 0.15) is 0 Å². The fourth-order valence-corrected chi connectivity index (χ4v) is 3.36. The van der Waals surface area contributed by atoms with E-state index in [9.17, 15) is 14.4 Å². The van der Waals surface area contributed by atoms with Crippen LogP contribution in [0.3, 0.4) is 0 Å². The standard InChI is InChI=1S/C22H23NO4/c1-16-9-7-8-14-23(16)20(24)15-27-22(26)19-13-6-5-12-18(19)21(25)17-10-3-2-4-11-17/h2-6,10-13,16H,7-9,14-15H2,1H3/t16-/m1/s1. The first kappa shape index (κ1) is 18.8. The third-order valence-corrected chi connectivity index (χ3v) is 4.88. The number of piperidine rings is 1. The van der Waals surface area contributed by atoms with Crippen molar-refractivity contribution in [2.75, 3.05) is 13.2 Å². The van der Waals surface area contributed by atoms with Gasteiger partial charge >= 0.3 is 5.97 Å². The lowest BCUT2D eigenvalue weighted by molar-refractivity contribution is -0.137. The lowest BCUT2D eigenvalue weighted by atomic mass is 9.98. The number of hydrogen-bond donors (Lipinski definition) is 0. The number of nitrogens with zero attached hydrogens (tertiary/aromatic N) is 1. The van der Waals surface area contributed by atoms with Crippen LogP contribution >= 0.6 is 0 Å². The van der Waals surface area contributed by atoms with Crippen LogP contribution in [0.5, 0.6) is 0 Å². The van der Waals surface area contributed by atoms with E-state index in [0.29, 0.717) is 12.1 Å². The molecular weight excluding hydrogens is 342 g/mol. The molecular formula is C22H23NO4. The predicted molar refractivity (Wildman–Crippen MR) is 102 cm³/mol. The molecule has 1 fully saturated rings. The Kier molecular flexibility index (Phi) is 6.01. The molecule has 1 heterocycles. The van der Waals surface area contributed by atoms with Crippen molar-refractivity contribution >= 4 is 17.7 Å². The number of carbonyl (C=O) groups excluding carboxylic acids is 3. The molecule has 0 bridgehead atoms. The lowest BCUT2D eigenvalue weighted by Gasteiger charge is -2.33. The summed E-state index contributed by atoms with van der Waals surface area (Å²) in [5.74, 6) is -1.10. The van der Waals surface area contributed by atoms with Crippen molar-refractivity contribution in [3.05, 3.63) is 71.3 Å². The average molecular weight is 365 g/mol. The van der Waals surface area contributed by atoms with Gasteiger partial charge in [-0.05, 0) is 32.3 Å². The van der Waals surface area contributed by atoms with Gasteiger partial charge in [-0.2, -0.15) is 0 Å². The number of hydrogen-bond acceptors (Lipinski definition) is 4. The van der Waals surface area contributed by atoms with Gasteiger partial charge < -0.3 is 9.64 Å². The fraction of sp³-hybridized carbons (Fsp3) is 0.318. The summed E-state index contributed by atoms with van der Waals surface area (Å²) < 4.78 is 5.24. The highest BCUT2D eigenvalue weighted by molar-refractivity contribution is 6.14. The second kappa shape index (κ2) is 8.62. The van der Waals surface area contributed by atoms with E-state index in [1.807, 2.05) is 13.0 Å². The van der Waals surface area contributed by atoms with E-state index >= 15 is 0 Å². The second-order valence-corrected chi connectivity index (χ2v) is 6.75. The first-order valence-electron chi connectivity index (χ1n) is 9.23. The van der Waals surface area contributed by atoms with Crippen molar-refractivity contribution in [1.29, 1.82) is 0 Å². The summed E-state index contributed by atoms with van der Waals surface area (Å²) in [7, 11) is 0. The molecule has 0 radical (unpaired) electrons. The highest BCUT2D eigenvalue weighted by Crippen LogP contribution is 2.18. The van der Waals surface area contributed by atoms with Crippen LogP contribution < -0.4 is 0 Å². The SMILES string of the molecule is C[C@@H]1CCCCN1C(=O)COC(=O)c1ccccc1C(=O)c1ccccc1. The first-order chi connectivity index (χ1) is 13.1. The molecule has 5 heteroatoms. The summed E-state index contributed by atoms with van der Waals surface area (Å²) >= 11 is 0. The average Bonchev–Trinajstić information content (AvgIpc) is 2.72. The third kappa shape index (κ3) is 4.42. The molecule has 5 nitrogen and oxygen atoms in total. The van der Waals surface area contributed by atoms with Crippen molar-refractivity contribution in [3.63, 3.8) is 0 Å². The summed E-state index contributed by atoms with van der Waals surface area (Å²) in [4.78, 5) is 39.4. The number of benzene rings is 2. The molecule has 1 atom stereocenters. The topological polar surface area (TPSA) is 63.7 Å². The Morgan fingerprint density at radius 3 is 2.33 bits per heavy atom. The Labute approximate surface area is 158 Å². The van der Waals surface area contributed by atoms with Crippen molar-refractivity contribution in [3.8, 4) is 0 Å². The van der Waals surface area contributed by atoms with Crippen LogP contribution in [0.25, 0.3) is 0 Å². The normalized spacial score (nSPS) is 16.6. The van der Waals surface area contributed by atoms with Crippen LogP contribution in [0, 0.1) is 0 Å². The predicted octanol–water partition coefficient (Wildman–Crippen LogP) is 3.48. The van der Waals surface area contributed by atoms with Gasteiger partial charge in [-0.1, -0.05) is 48.5 Å². The van der Waals surface area contributed by atoms with Gasteiger partial charge in [0.25, 0.3) is 5.91 Å². The summed E-state index contributed by atoms with van der Waals surface area (Å²) in [6.45, 7) is 2.39. The molecule has 0 saturated carbocycles. The summed E-state index contributed by atoms with van der Waals surface area (Å²) in [5, 5.41) is 0. The molecule has 0 unspecified atom stereocenters. The molecule has 1 saturated heterocycles. The maximum absolute atomic E-state index is 12.7. The molecule has 1 aliphatic heterocycles. The highest BCUT2D eigenvalue weighted by Gasteiger charge is 2.25. The van der Waals surface area contributed by atoms with E-state index in [4.69, 9.17) is 4.74 Å². The molecule has 0 aliphatic carbocycles. The van der Waals surface area contributed by atoms with Crippen molar-refractivity contribution in [2.24, 2.45) is 0 Å². The zero-order chi connectivity index (χ0) is 19.2. The molecule has 0 N–H and O–H groups in total. The first-order valence-corrected chi connectivity index (χ1v) is 9.23. The lowest BCUT2D eigenvalue weighted by Crippen LogP contribution is -2.44. The minimum Gasteiger partial charge on any atom is -0.452 e. The van der Waals surface area contributed by atoms with Gasteiger partial charge in [0, 0.05) is 23.7 Å². The number of esters is 1. The van der Waals surface area contributed by atoms with Crippen LogP contribution in [0.4, 0.5) is 0 Å². The van der Waals surface area contributed by atoms with Crippen LogP contribution in [0.15, 0.2) is 54.6 Å². The largest absolute Gasteiger partial charge is 0.452 e. The van der Waals surface area contributed by atoms with Gasteiger partial charge in [-0.15, -0.1) is 0 Å². The Balaban J connectivity index is 1.70. The Bertz CT molecular complexity index is 831. The summed E-state index contributed by atoms with van der Waals surface area (Å²) in [6.07, 6.45) is 3.05. The maximum Gasteiger partial charge on any atom is 0.339 e. The quantitative estimate of drug-likeness (QED) is 0.601. The van der Waals surface area contributed by atoms with Crippen LogP contribution in [-0.2, 0) is 9.53 Å². The molecule has 1 aliphatic rings. The van der Waals surface area contributed by atoms with Crippen LogP contribution in [0.2, 0.25) is 0 Å². The third-order valence-electron chi connectivity index (χ3n) is 4.88. The highest BCUT2D eigenvalue weighted by atomic mass is 16.5. The summed E-state index contributed by atoms with van der Waals surface area (Å²) in [6, 6.07) is 15.4. The summed E-state index contributed by atoms with van der Waals surface area (Å²) in [5.41, 5.74) is 0.939. The molecule has 0 aromatic heterocycles. The van der Waals surface area contributed by atoms with Gasteiger partial charge in [-0.25, -0.2) is 4.79 Å². The molecule has 27 heavy (non-hydrogen) atoms. The fourth-order valence-electron chi connectivity index (χ4n) is 3.36. The van der Waals surface area contributed by atoms with E-state index in [1.165, 1.54) is 0 Å². The number of rotatable bonds is 5. The number of ketones is 1. The number of amides is 1. The second-order valence-electron chi connectivity index (χ2n) is 6.75. The van der Waals surface area contributed by atoms with E-state index in [1.54, 1.807) is 53.4 Å². The minimum atomic E-state index is -0.659. The van der Waals surface area contributed by atoms with E-state index in [2.05, 4.69) is 0 Å². The Morgan fingerprint density at radius 1 is 0.963 bits per heavy atom. The monoisotopic (exact) mass is 365 g/mol. The van der Waals surface area contributed by atoms with Crippen molar-refractivity contribution in [2.45, 2.75) is 32.2 Å². The van der Waals surface area contributed by atoms with Gasteiger partial charge in [0.15, 0.2) is 12.4 Å². The van der Waals surface area contributed by atoms with E-state index in [-0.39, 0.29) is 35.5 Å². The minimum absolute atomic E-state index is 0.164. The Morgan fingerprint density at radius 2 is 1.63 bits per heavy atom. The maximum atomic E-state index is 12.7.